The van der Waals surface area contributed by atoms with Gasteiger partial charge in [0.15, 0.2) is 11.5 Å². The fourth-order valence-corrected chi connectivity index (χ4v) is 3.00. The SMILES string of the molecule is COc1ccccc1OC(=O)CNC(=O)Cc1ccc(-c2ccc(C)cc2)n1C. The molecular formula is C23H24N2O4. The molecule has 0 atom stereocenters. The summed E-state index contributed by atoms with van der Waals surface area (Å²) in [6.07, 6.45) is 0.171. The minimum absolute atomic E-state index is 0.171. The summed E-state index contributed by atoms with van der Waals surface area (Å²) in [5.74, 6) is -0.0345. The Morgan fingerprint density at radius 3 is 2.34 bits per heavy atom. The molecule has 1 N–H and O–H groups in total. The maximum atomic E-state index is 12.3. The predicted octanol–water partition coefficient (Wildman–Crippen LogP) is 3.27. The largest absolute Gasteiger partial charge is 0.493 e. The lowest BCUT2D eigenvalue weighted by molar-refractivity contribution is -0.135. The summed E-state index contributed by atoms with van der Waals surface area (Å²) in [5.41, 5.74) is 4.17. The number of nitrogens with zero attached hydrogens (tertiary/aromatic N) is 1. The second-order valence-corrected chi connectivity index (χ2v) is 6.71. The molecular weight excluding hydrogens is 368 g/mol. The van der Waals surface area contributed by atoms with Gasteiger partial charge >= 0.3 is 5.97 Å². The van der Waals surface area contributed by atoms with Crippen molar-refractivity contribution >= 4 is 11.9 Å². The Balaban J connectivity index is 1.56. The molecule has 3 aromatic rings. The molecule has 29 heavy (non-hydrogen) atoms. The molecule has 0 fully saturated rings. The van der Waals surface area contributed by atoms with E-state index in [0.29, 0.717) is 11.5 Å². The van der Waals surface area contributed by atoms with E-state index >= 15 is 0 Å². The fraction of sp³-hybridized carbons (Fsp3) is 0.217. The molecule has 1 aromatic heterocycles. The molecule has 0 saturated heterocycles. The van der Waals surface area contributed by atoms with Crippen LogP contribution in [0.1, 0.15) is 11.3 Å². The Labute approximate surface area is 170 Å². The fourth-order valence-electron chi connectivity index (χ4n) is 3.00. The van der Waals surface area contributed by atoms with Crippen molar-refractivity contribution in [1.29, 1.82) is 0 Å². The van der Waals surface area contributed by atoms with E-state index in [9.17, 15) is 9.59 Å². The van der Waals surface area contributed by atoms with Crippen molar-refractivity contribution in [2.45, 2.75) is 13.3 Å². The van der Waals surface area contributed by atoms with Crippen molar-refractivity contribution in [3.63, 3.8) is 0 Å². The van der Waals surface area contributed by atoms with E-state index in [4.69, 9.17) is 9.47 Å². The number of hydrogen-bond acceptors (Lipinski definition) is 4. The van der Waals surface area contributed by atoms with Crippen molar-refractivity contribution in [3.8, 4) is 22.8 Å². The molecule has 6 heteroatoms. The third-order valence-corrected chi connectivity index (χ3v) is 4.64. The van der Waals surface area contributed by atoms with Gasteiger partial charge in [0.25, 0.3) is 0 Å². The van der Waals surface area contributed by atoms with E-state index in [2.05, 4.69) is 29.6 Å². The van der Waals surface area contributed by atoms with Gasteiger partial charge in [0.05, 0.1) is 13.5 Å². The van der Waals surface area contributed by atoms with Gasteiger partial charge in [-0.25, -0.2) is 4.79 Å². The Morgan fingerprint density at radius 1 is 0.966 bits per heavy atom. The van der Waals surface area contributed by atoms with Gasteiger partial charge in [0, 0.05) is 18.4 Å². The smallest absolute Gasteiger partial charge is 0.330 e. The van der Waals surface area contributed by atoms with E-state index in [1.807, 2.05) is 30.7 Å². The van der Waals surface area contributed by atoms with Gasteiger partial charge in [0.2, 0.25) is 5.91 Å². The maximum absolute atomic E-state index is 12.3. The molecule has 0 spiro atoms. The molecule has 3 rings (SSSR count). The van der Waals surface area contributed by atoms with Crippen LogP contribution in [-0.4, -0.2) is 30.1 Å². The van der Waals surface area contributed by atoms with Crippen LogP contribution in [-0.2, 0) is 23.1 Å². The molecule has 2 aromatic carbocycles. The summed E-state index contributed by atoms with van der Waals surface area (Å²) < 4.78 is 12.4. The van der Waals surface area contributed by atoms with E-state index in [0.717, 1.165) is 17.0 Å². The van der Waals surface area contributed by atoms with E-state index in [1.54, 1.807) is 24.3 Å². The van der Waals surface area contributed by atoms with Crippen LogP contribution < -0.4 is 14.8 Å². The van der Waals surface area contributed by atoms with Gasteiger partial charge in [-0.05, 0) is 36.8 Å². The highest BCUT2D eigenvalue weighted by Crippen LogP contribution is 2.25. The third kappa shape index (κ3) is 5.04. The monoisotopic (exact) mass is 392 g/mol. The van der Waals surface area contributed by atoms with E-state index < -0.39 is 5.97 Å². The minimum Gasteiger partial charge on any atom is -0.493 e. The Hall–Kier alpha value is -3.54. The second-order valence-electron chi connectivity index (χ2n) is 6.71. The first-order valence-corrected chi connectivity index (χ1v) is 9.30. The lowest BCUT2D eigenvalue weighted by atomic mass is 10.1. The van der Waals surface area contributed by atoms with Crippen molar-refractivity contribution in [3.05, 3.63) is 71.9 Å². The van der Waals surface area contributed by atoms with Crippen LogP contribution >= 0.6 is 0 Å². The zero-order valence-corrected chi connectivity index (χ0v) is 16.8. The standard InChI is InChI=1S/C23H24N2O4/c1-16-8-10-17(11-9-16)19-13-12-18(25(19)2)14-22(26)24-15-23(27)29-21-7-5-4-6-20(21)28-3/h4-13H,14-15H2,1-3H3,(H,24,26). The number of methoxy groups -OCH3 is 1. The van der Waals surface area contributed by atoms with Crippen molar-refractivity contribution in [2.24, 2.45) is 7.05 Å². The van der Waals surface area contributed by atoms with E-state index in [1.165, 1.54) is 12.7 Å². The zero-order chi connectivity index (χ0) is 20.8. The van der Waals surface area contributed by atoms with Crippen LogP contribution in [0.15, 0.2) is 60.7 Å². The molecule has 0 unspecified atom stereocenters. The van der Waals surface area contributed by atoms with E-state index in [-0.39, 0.29) is 18.9 Å². The summed E-state index contributed by atoms with van der Waals surface area (Å²) >= 11 is 0. The molecule has 0 aliphatic rings. The first-order valence-electron chi connectivity index (χ1n) is 9.30. The highest BCUT2D eigenvalue weighted by atomic mass is 16.6. The highest BCUT2D eigenvalue weighted by molar-refractivity contribution is 5.84. The molecule has 0 radical (unpaired) electrons. The number of nitrogens with one attached hydrogen (secondary N) is 1. The lowest BCUT2D eigenvalue weighted by Gasteiger charge is -2.10. The Bertz CT molecular complexity index is 1010. The van der Waals surface area contributed by atoms with Crippen LogP contribution in [0, 0.1) is 6.92 Å². The Morgan fingerprint density at radius 2 is 1.66 bits per heavy atom. The molecule has 6 nitrogen and oxygen atoms in total. The first-order chi connectivity index (χ1) is 14.0. The van der Waals surface area contributed by atoms with Gasteiger partial charge in [-0.1, -0.05) is 42.0 Å². The van der Waals surface area contributed by atoms with Crippen LogP contribution in [0.4, 0.5) is 0 Å². The Kier molecular flexibility index (Phi) is 6.34. The van der Waals surface area contributed by atoms with Gasteiger partial charge in [0.1, 0.15) is 6.54 Å². The van der Waals surface area contributed by atoms with Crippen molar-refractivity contribution in [1.82, 2.24) is 9.88 Å². The highest BCUT2D eigenvalue weighted by Gasteiger charge is 2.13. The molecule has 0 bridgehead atoms. The molecule has 150 valence electrons. The molecule has 1 heterocycles. The molecule has 0 aliphatic carbocycles. The van der Waals surface area contributed by atoms with Gasteiger partial charge in [-0.3, -0.25) is 4.79 Å². The number of aromatic nitrogens is 1. The minimum atomic E-state index is -0.560. The first kappa shape index (κ1) is 20.2. The number of ether oxygens (including phenoxy) is 2. The average Bonchev–Trinajstić information content (AvgIpc) is 3.07. The predicted molar refractivity (Wildman–Crippen MR) is 111 cm³/mol. The maximum Gasteiger partial charge on any atom is 0.330 e. The number of amides is 1. The van der Waals surface area contributed by atoms with Gasteiger partial charge < -0.3 is 19.4 Å². The van der Waals surface area contributed by atoms with Crippen molar-refractivity contribution < 1.29 is 19.1 Å². The van der Waals surface area contributed by atoms with Crippen molar-refractivity contribution in [2.75, 3.05) is 13.7 Å². The zero-order valence-electron chi connectivity index (χ0n) is 16.8. The topological polar surface area (TPSA) is 69.6 Å². The normalized spacial score (nSPS) is 10.4. The summed E-state index contributed by atoms with van der Waals surface area (Å²) in [7, 11) is 3.42. The van der Waals surface area contributed by atoms with Crippen LogP contribution in [0.25, 0.3) is 11.3 Å². The lowest BCUT2D eigenvalue weighted by Crippen LogP contribution is -2.33. The number of para-hydroxylation sites is 2. The number of carbonyl (C=O) groups excluding carboxylic acids is 2. The number of aryl methyl sites for hydroxylation is 1. The summed E-state index contributed by atoms with van der Waals surface area (Å²) in [4.78, 5) is 24.3. The summed E-state index contributed by atoms with van der Waals surface area (Å²) in [5, 5.41) is 2.60. The molecule has 1 amide bonds. The quantitative estimate of drug-likeness (QED) is 0.495. The van der Waals surface area contributed by atoms with Gasteiger partial charge in [-0.15, -0.1) is 0 Å². The summed E-state index contributed by atoms with van der Waals surface area (Å²) in [6.45, 7) is 1.83. The second kappa shape index (κ2) is 9.10. The summed E-state index contributed by atoms with van der Waals surface area (Å²) in [6, 6.07) is 19.0. The van der Waals surface area contributed by atoms with Gasteiger partial charge in [-0.2, -0.15) is 0 Å². The average molecular weight is 392 g/mol. The number of hydrogen-bond donors (Lipinski definition) is 1. The molecule has 0 saturated carbocycles. The van der Waals surface area contributed by atoms with Crippen LogP contribution in [0.3, 0.4) is 0 Å². The number of esters is 1. The number of carbonyl (C=O) groups is 2. The van der Waals surface area contributed by atoms with Crippen LogP contribution in [0.5, 0.6) is 11.5 Å². The number of benzene rings is 2. The third-order valence-electron chi connectivity index (χ3n) is 4.64. The van der Waals surface area contributed by atoms with Crippen LogP contribution in [0.2, 0.25) is 0 Å². The molecule has 0 aliphatic heterocycles. The number of rotatable bonds is 7.